The highest BCUT2D eigenvalue weighted by molar-refractivity contribution is 7.09. The number of nitro groups is 1. The monoisotopic (exact) mass is 319 g/mol. The minimum absolute atomic E-state index is 0.0750. The summed E-state index contributed by atoms with van der Waals surface area (Å²) >= 11 is 1.61. The van der Waals surface area contributed by atoms with Crippen molar-refractivity contribution in [2.45, 2.75) is 26.7 Å². The lowest BCUT2D eigenvalue weighted by Gasteiger charge is -2.07. The first kappa shape index (κ1) is 16.1. The SMILES string of the molecule is Cc1csc(CCCNC(=O)c2cc([N+](=O)[O-])ccc2C)n1. The predicted molar refractivity (Wildman–Crippen MR) is 85.3 cm³/mol. The highest BCUT2D eigenvalue weighted by Crippen LogP contribution is 2.17. The number of non-ortho nitro benzene ring substituents is 1. The number of aromatic nitrogens is 1. The molecule has 0 saturated heterocycles. The van der Waals surface area contributed by atoms with Gasteiger partial charge in [0.05, 0.1) is 9.93 Å². The van der Waals surface area contributed by atoms with Gasteiger partial charge in [0.15, 0.2) is 0 Å². The van der Waals surface area contributed by atoms with E-state index in [9.17, 15) is 14.9 Å². The summed E-state index contributed by atoms with van der Waals surface area (Å²) in [6.07, 6.45) is 1.60. The molecular weight excluding hydrogens is 302 g/mol. The van der Waals surface area contributed by atoms with Crippen molar-refractivity contribution in [1.29, 1.82) is 0 Å². The van der Waals surface area contributed by atoms with Gasteiger partial charge < -0.3 is 5.32 Å². The molecule has 0 aliphatic carbocycles. The summed E-state index contributed by atoms with van der Waals surface area (Å²) in [5, 5.41) is 16.6. The van der Waals surface area contributed by atoms with Crippen molar-refractivity contribution in [2.24, 2.45) is 0 Å². The summed E-state index contributed by atoms with van der Waals surface area (Å²) in [4.78, 5) is 26.7. The van der Waals surface area contributed by atoms with Gasteiger partial charge in [-0.25, -0.2) is 4.98 Å². The Hall–Kier alpha value is -2.28. The van der Waals surface area contributed by atoms with Crippen molar-refractivity contribution in [2.75, 3.05) is 6.54 Å². The Balaban J connectivity index is 1.89. The van der Waals surface area contributed by atoms with Gasteiger partial charge in [-0.05, 0) is 25.8 Å². The van der Waals surface area contributed by atoms with Gasteiger partial charge in [-0.2, -0.15) is 0 Å². The van der Waals surface area contributed by atoms with Crippen LogP contribution in [0, 0.1) is 24.0 Å². The zero-order chi connectivity index (χ0) is 16.1. The molecule has 1 amide bonds. The maximum Gasteiger partial charge on any atom is 0.270 e. The van der Waals surface area contributed by atoms with Crippen LogP contribution in [-0.2, 0) is 6.42 Å². The lowest BCUT2D eigenvalue weighted by atomic mass is 10.1. The van der Waals surface area contributed by atoms with Crippen LogP contribution in [0.2, 0.25) is 0 Å². The first-order valence-corrected chi connectivity index (χ1v) is 7.79. The van der Waals surface area contributed by atoms with E-state index in [0.29, 0.717) is 12.1 Å². The Labute approximate surface area is 132 Å². The van der Waals surface area contributed by atoms with Gasteiger partial charge >= 0.3 is 0 Å². The van der Waals surface area contributed by atoms with Crippen LogP contribution in [-0.4, -0.2) is 22.4 Å². The maximum absolute atomic E-state index is 12.1. The molecule has 116 valence electrons. The van der Waals surface area contributed by atoms with E-state index in [0.717, 1.165) is 29.1 Å². The number of rotatable bonds is 6. The van der Waals surface area contributed by atoms with E-state index in [-0.39, 0.29) is 11.6 Å². The second kappa shape index (κ2) is 7.13. The van der Waals surface area contributed by atoms with E-state index in [4.69, 9.17) is 0 Å². The van der Waals surface area contributed by atoms with Gasteiger partial charge in [0.25, 0.3) is 11.6 Å². The van der Waals surface area contributed by atoms with Crippen molar-refractivity contribution in [3.8, 4) is 0 Å². The molecule has 0 atom stereocenters. The second-order valence-corrected chi connectivity index (χ2v) is 5.94. The zero-order valence-corrected chi connectivity index (χ0v) is 13.3. The fourth-order valence-corrected chi connectivity index (χ4v) is 2.84. The zero-order valence-electron chi connectivity index (χ0n) is 12.5. The molecule has 7 heteroatoms. The van der Waals surface area contributed by atoms with Crippen LogP contribution in [0.3, 0.4) is 0 Å². The lowest BCUT2D eigenvalue weighted by molar-refractivity contribution is -0.384. The number of carbonyl (C=O) groups is 1. The maximum atomic E-state index is 12.1. The Morgan fingerprint density at radius 3 is 2.82 bits per heavy atom. The average Bonchev–Trinajstić information content (AvgIpc) is 2.89. The molecule has 2 aromatic rings. The Morgan fingerprint density at radius 2 is 2.18 bits per heavy atom. The van der Waals surface area contributed by atoms with Crippen LogP contribution in [0.15, 0.2) is 23.6 Å². The predicted octanol–water partition coefficient (Wildman–Crippen LogP) is 3.03. The summed E-state index contributed by atoms with van der Waals surface area (Å²) in [5.41, 5.74) is 2.00. The van der Waals surface area contributed by atoms with Gasteiger partial charge in [0.2, 0.25) is 0 Å². The fraction of sp³-hybridized carbons (Fsp3) is 0.333. The third-order valence-electron chi connectivity index (χ3n) is 3.20. The van der Waals surface area contributed by atoms with E-state index < -0.39 is 4.92 Å². The van der Waals surface area contributed by atoms with Crippen molar-refractivity contribution < 1.29 is 9.72 Å². The smallest absolute Gasteiger partial charge is 0.270 e. The number of thiazole rings is 1. The normalized spacial score (nSPS) is 10.5. The molecule has 1 aromatic heterocycles. The van der Waals surface area contributed by atoms with Crippen molar-refractivity contribution >= 4 is 22.9 Å². The number of hydrogen-bond acceptors (Lipinski definition) is 5. The summed E-state index contributed by atoms with van der Waals surface area (Å²) in [7, 11) is 0. The number of amides is 1. The Bertz CT molecular complexity index is 697. The molecule has 0 aliphatic rings. The molecule has 0 radical (unpaired) electrons. The molecule has 0 fully saturated rings. The quantitative estimate of drug-likeness (QED) is 0.504. The van der Waals surface area contributed by atoms with Crippen molar-refractivity contribution in [1.82, 2.24) is 10.3 Å². The third kappa shape index (κ3) is 4.11. The van der Waals surface area contributed by atoms with Gasteiger partial charge in [-0.1, -0.05) is 6.07 Å². The first-order chi connectivity index (χ1) is 10.5. The standard InChI is InChI=1S/C15H17N3O3S/c1-10-5-6-12(18(20)21)8-13(10)15(19)16-7-3-4-14-17-11(2)9-22-14/h5-6,8-9H,3-4,7H2,1-2H3,(H,16,19). The molecule has 1 aromatic carbocycles. The van der Waals surface area contributed by atoms with Crippen LogP contribution < -0.4 is 5.32 Å². The average molecular weight is 319 g/mol. The summed E-state index contributed by atoms with van der Waals surface area (Å²) in [5.74, 6) is -0.281. The van der Waals surface area contributed by atoms with Crippen LogP contribution in [0.25, 0.3) is 0 Å². The molecule has 0 aliphatic heterocycles. The van der Waals surface area contributed by atoms with E-state index in [1.165, 1.54) is 12.1 Å². The molecule has 2 rings (SSSR count). The molecule has 6 nitrogen and oxygen atoms in total. The largest absolute Gasteiger partial charge is 0.352 e. The van der Waals surface area contributed by atoms with Crippen LogP contribution >= 0.6 is 11.3 Å². The van der Waals surface area contributed by atoms with E-state index in [1.54, 1.807) is 24.3 Å². The van der Waals surface area contributed by atoms with Gasteiger partial charge in [0, 0.05) is 41.7 Å². The highest BCUT2D eigenvalue weighted by Gasteiger charge is 2.14. The number of aryl methyl sites for hydroxylation is 3. The Morgan fingerprint density at radius 1 is 1.41 bits per heavy atom. The van der Waals surface area contributed by atoms with Crippen LogP contribution in [0.1, 0.15) is 33.0 Å². The topological polar surface area (TPSA) is 85.1 Å². The molecule has 22 heavy (non-hydrogen) atoms. The molecule has 0 bridgehead atoms. The molecule has 1 heterocycles. The number of nitro benzene ring substituents is 1. The molecular formula is C15H17N3O3S. The Kier molecular flexibility index (Phi) is 5.21. The van der Waals surface area contributed by atoms with E-state index in [1.807, 2.05) is 12.3 Å². The van der Waals surface area contributed by atoms with Crippen molar-refractivity contribution in [3.05, 3.63) is 55.5 Å². The van der Waals surface area contributed by atoms with E-state index in [2.05, 4.69) is 10.3 Å². The second-order valence-electron chi connectivity index (χ2n) is 5.00. The van der Waals surface area contributed by atoms with Gasteiger partial charge in [-0.15, -0.1) is 11.3 Å². The number of nitrogens with one attached hydrogen (secondary N) is 1. The van der Waals surface area contributed by atoms with Gasteiger partial charge in [-0.3, -0.25) is 14.9 Å². The summed E-state index contributed by atoms with van der Waals surface area (Å²) in [6.45, 7) is 4.23. The molecule has 0 spiro atoms. The molecule has 0 saturated carbocycles. The summed E-state index contributed by atoms with van der Waals surface area (Å²) in [6, 6.07) is 4.30. The number of hydrogen-bond donors (Lipinski definition) is 1. The number of carbonyl (C=O) groups excluding carboxylic acids is 1. The van der Waals surface area contributed by atoms with Crippen LogP contribution in [0.5, 0.6) is 0 Å². The highest BCUT2D eigenvalue weighted by atomic mass is 32.1. The van der Waals surface area contributed by atoms with Crippen molar-refractivity contribution in [3.63, 3.8) is 0 Å². The molecule has 1 N–H and O–H groups in total. The van der Waals surface area contributed by atoms with E-state index >= 15 is 0 Å². The first-order valence-electron chi connectivity index (χ1n) is 6.91. The van der Waals surface area contributed by atoms with Crippen LogP contribution in [0.4, 0.5) is 5.69 Å². The third-order valence-corrected chi connectivity index (χ3v) is 4.22. The minimum atomic E-state index is -0.499. The molecule has 0 unspecified atom stereocenters. The number of nitrogens with zero attached hydrogens (tertiary/aromatic N) is 2. The fourth-order valence-electron chi connectivity index (χ4n) is 2.02. The lowest BCUT2D eigenvalue weighted by Crippen LogP contribution is -2.25. The summed E-state index contributed by atoms with van der Waals surface area (Å²) < 4.78 is 0. The van der Waals surface area contributed by atoms with Gasteiger partial charge in [0.1, 0.15) is 0 Å². The number of benzene rings is 1. The minimum Gasteiger partial charge on any atom is -0.352 e.